The van der Waals surface area contributed by atoms with Gasteiger partial charge in [0.1, 0.15) is 11.5 Å². The van der Waals surface area contributed by atoms with E-state index in [9.17, 15) is 0 Å². The lowest BCUT2D eigenvalue weighted by atomic mass is 10.1. The van der Waals surface area contributed by atoms with Crippen molar-refractivity contribution in [3.05, 3.63) is 58.1 Å². The van der Waals surface area contributed by atoms with Gasteiger partial charge in [-0.2, -0.15) is 0 Å². The normalized spacial score (nSPS) is 10.5. The Morgan fingerprint density at radius 1 is 1.16 bits per heavy atom. The molecule has 2 rings (SSSR count). The average molecular weight is 276 g/mol. The van der Waals surface area contributed by atoms with Crippen molar-refractivity contribution in [3.8, 4) is 11.5 Å². The van der Waals surface area contributed by atoms with Gasteiger partial charge in [0.05, 0.1) is 0 Å². The van der Waals surface area contributed by atoms with Crippen LogP contribution < -0.4 is 10.5 Å². The van der Waals surface area contributed by atoms with Gasteiger partial charge in [0.25, 0.3) is 0 Å². The highest BCUT2D eigenvalue weighted by atomic mass is 35.5. The van der Waals surface area contributed by atoms with E-state index in [1.807, 2.05) is 43.3 Å². The maximum Gasteiger partial charge on any atom is 0.130 e. The molecule has 3 heteroatoms. The van der Waals surface area contributed by atoms with Gasteiger partial charge in [-0.05, 0) is 54.3 Å². The summed E-state index contributed by atoms with van der Waals surface area (Å²) < 4.78 is 5.91. The molecular weight excluding hydrogens is 258 g/mol. The molecule has 0 unspecified atom stereocenters. The van der Waals surface area contributed by atoms with Crippen LogP contribution in [0, 0.1) is 6.92 Å². The molecule has 0 heterocycles. The fourth-order valence-corrected chi connectivity index (χ4v) is 2.22. The quantitative estimate of drug-likeness (QED) is 0.894. The van der Waals surface area contributed by atoms with E-state index in [-0.39, 0.29) is 0 Å². The molecule has 2 aromatic carbocycles. The van der Waals surface area contributed by atoms with Gasteiger partial charge in [-0.3, -0.25) is 0 Å². The van der Waals surface area contributed by atoms with Crippen molar-refractivity contribution in [3.63, 3.8) is 0 Å². The van der Waals surface area contributed by atoms with E-state index in [1.165, 1.54) is 0 Å². The average Bonchev–Trinajstić information content (AvgIpc) is 2.43. The van der Waals surface area contributed by atoms with Crippen LogP contribution in [0.1, 0.15) is 23.6 Å². The number of hydrogen-bond acceptors (Lipinski definition) is 2. The van der Waals surface area contributed by atoms with Crippen LogP contribution in [0.2, 0.25) is 5.02 Å². The van der Waals surface area contributed by atoms with Gasteiger partial charge in [0.15, 0.2) is 0 Å². The smallest absolute Gasteiger partial charge is 0.130 e. The first-order valence-electron chi connectivity index (χ1n) is 6.40. The molecule has 0 aliphatic rings. The van der Waals surface area contributed by atoms with Crippen molar-refractivity contribution in [1.29, 1.82) is 0 Å². The van der Waals surface area contributed by atoms with E-state index in [1.54, 1.807) is 0 Å². The SMILES string of the molecule is CCc1cc(Oc2ccc(CN)cc2C)ccc1Cl. The Kier molecular flexibility index (Phi) is 4.46. The van der Waals surface area contributed by atoms with Crippen molar-refractivity contribution in [2.24, 2.45) is 5.73 Å². The minimum atomic E-state index is 0.544. The Balaban J connectivity index is 2.26. The van der Waals surface area contributed by atoms with Crippen molar-refractivity contribution >= 4 is 11.6 Å². The van der Waals surface area contributed by atoms with Crippen molar-refractivity contribution in [1.82, 2.24) is 0 Å². The molecule has 100 valence electrons. The van der Waals surface area contributed by atoms with E-state index < -0.39 is 0 Å². The summed E-state index contributed by atoms with van der Waals surface area (Å²) in [5, 5.41) is 0.782. The van der Waals surface area contributed by atoms with Crippen LogP contribution in [0.15, 0.2) is 36.4 Å². The second-order valence-electron chi connectivity index (χ2n) is 4.51. The number of aryl methyl sites for hydroxylation is 2. The van der Waals surface area contributed by atoms with Gasteiger partial charge in [0.2, 0.25) is 0 Å². The molecule has 0 fully saturated rings. The number of benzene rings is 2. The molecule has 19 heavy (non-hydrogen) atoms. The zero-order valence-electron chi connectivity index (χ0n) is 11.2. The first-order chi connectivity index (χ1) is 9.13. The van der Waals surface area contributed by atoms with Crippen molar-refractivity contribution in [2.75, 3.05) is 0 Å². The lowest BCUT2D eigenvalue weighted by molar-refractivity contribution is 0.478. The monoisotopic (exact) mass is 275 g/mol. The molecule has 0 spiro atoms. The predicted molar refractivity (Wildman–Crippen MR) is 80.0 cm³/mol. The fourth-order valence-electron chi connectivity index (χ4n) is 1.97. The number of ether oxygens (including phenoxy) is 1. The highest BCUT2D eigenvalue weighted by Gasteiger charge is 2.05. The van der Waals surface area contributed by atoms with Crippen LogP contribution in [0.5, 0.6) is 11.5 Å². The molecule has 2 N–H and O–H groups in total. The minimum Gasteiger partial charge on any atom is -0.457 e. The van der Waals surface area contributed by atoms with Crippen LogP contribution in [-0.2, 0) is 13.0 Å². The van der Waals surface area contributed by atoms with Crippen molar-refractivity contribution in [2.45, 2.75) is 26.8 Å². The van der Waals surface area contributed by atoms with Gasteiger partial charge in [-0.15, -0.1) is 0 Å². The Hall–Kier alpha value is -1.51. The standard InChI is InChI=1S/C16H18ClNO/c1-3-13-9-14(5-6-15(13)17)19-16-7-4-12(10-18)8-11(16)2/h4-9H,3,10,18H2,1-2H3. The summed E-state index contributed by atoms with van der Waals surface area (Å²) in [6, 6.07) is 11.7. The third-order valence-electron chi connectivity index (χ3n) is 3.10. The molecule has 0 aromatic heterocycles. The van der Waals surface area contributed by atoms with Crippen LogP contribution >= 0.6 is 11.6 Å². The lowest BCUT2D eigenvalue weighted by Gasteiger charge is -2.11. The molecule has 0 saturated heterocycles. The summed E-state index contributed by atoms with van der Waals surface area (Å²) >= 11 is 6.10. The van der Waals surface area contributed by atoms with Crippen LogP contribution in [-0.4, -0.2) is 0 Å². The first-order valence-corrected chi connectivity index (χ1v) is 6.77. The predicted octanol–water partition coefficient (Wildman–Crippen LogP) is 4.46. The maximum absolute atomic E-state index is 6.10. The molecule has 0 radical (unpaired) electrons. The Labute approximate surface area is 119 Å². The second kappa shape index (κ2) is 6.09. The Morgan fingerprint density at radius 2 is 1.95 bits per heavy atom. The number of nitrogens with two attached hydrogens (primary N) is 1. The van der Waals surface area contributed by atoms with Crippen LogP contribution in [0.25, 0.3) is 0 Å². The van der Waals surface area contributed by atoms with E-state index in [2.05, 4.69) is 6.92 Å². The highest BCUT2D eigenvalue weighted by Crippen LogP contribution is 2.29. The summed E-state index contributed by atoms with van der Waals surface area (Å²) in [7, 11) is 0. The second-order valence-corrected chi connectivity index (χ2v) is 4.92. The summed E-state index contributed by atoms with van der Waals surface area (Å²) in [5.74, 6) is 1.66. The first kappa shape index (κ1) is 13.9. The third-order valence-corrected chi connectivity index (χ3v) is 3.47. The zero-order valence-corrected chi connectivity index (χ0v) is 12.0. The van der Waals surface area contributed by atoms with Gasteiger partial charge in [0, 0.05) is 11.6 Å². The van der Waals surface area contributed by atoms with Crippen LogP contribution in [0.3, 0.4) is 0 Å². The molecule has 0 aliphatic heterocycles. The van der Waals surface area contributed by atoms with E-state index in [4.69, 9.17) is 22.1 Å². The Bertz CT molecular complexity index is 581. The number of hydrogen-bond donors (Lipinski definition) is 1. The molecule has 2 nitrogen and oxygen atoms in total. The molecule has 2 aromatic rings. The maximum atomic E-state index is 6.10. The zero-order chi connectivity index (χ0) is 13.8. The fraction of sp³-hybridized carbons (Fsp3) is 0.250. The van der Waals surface area contributed by atoms with Crippen molar-refractivity contribution < 1.29 is 4.74 Å². The molecular formula is C16H18ClNO. The summed E-state index contributed by atoms with van der Waals surface area (Å²) in [5.41, 5.74) is 8.90. The number of halogens is 1. The molecule has 0 aliphatic carbocycles. The van der Waals surface area contributed by atoms with Gasteiger partial charge in [-0.1, -0.05) is 30.7 Å². The Morgan fingerprint density at radius 3 is 2.58 bits per heavy atom. The highest BCUT2D eigenvalue weighted by molar-refractivity contribution is 6.31. The molecule has 0 bridgehead atoms. The number of rotatable bonds is 4. The van der Waals surface area contributed by atoms with Gasteiger partial charge < -0.3 is 10.5 Å². The van der Waals surface area contributed by atoms with E-state index in [0.29, 0.717) is 6.54 Å². The van der Waals surface area contributed by atoms with E-state index >= 15 is 0 Å². The van der Waals surface area contributed by atoms with Gasteiger partial charge >= 0.3 is 0 Å². The van der Waals surface area contributed by atoms with Gasteiger partial charge in [-0.25, -0.2) is 0 Å². The lowest BCUT2D eigenvalue weighted by Crippen LogP contribution is -1.97. The molecule has 0 amide bonds. The topological polar surface area (TPSA) is 35.2 Å². The minimum absolute atomic E-state index is 0.544. The van der Waals surface area contributed by atoms with E-state index in [0.717, 1.165) is 39.6 Å². The molecule has 0 atom stereocenters. The summed E-state index contributed by atoms with van der Waals surface area (Å²) in [6.07, 6.45) is 0.890. The third kappa shape index (κ3) is 3.28. The van der Waals surface area contributed by atoms with Crippen LogP contribution in [0.4, 0.5) is 0 Å². The molecule has 0 saturated carbocycles. The summed E-state index contributed by atoms with van der Waals surface area (Å²) in [6.45, 7) is 4.64. The largest absolute Gasteiger partial charge is 0.457 e. The summed E-state index contributed by atoms with van der Waals surface area (Å²) in [4.78, 5) is 0.